The molecule has 0 bridgehead atoms. The van der Waals surface area contributed by atoms with Crippen LogP contribution in [0.4, 0.5) is 0 Å². The summed E-state index contributed by atoms with van der Waals surface area (Å²) in [7, 11) is -10.7. The van der Waals surface area contributed by atoms with E-state index < -0.39 is 83.5 Å². The predicted octanol–water partition coefficient (Wildman–Crippen LogP) is 8.61. The summed E-state index contributed by atoms with van der Waals surface area (Å²) in [6, 6.07) is 0. The maximum Gasteiger partial charge on any atom is 0.472 e. The number of hydrogen-bond acceptors (Lipinski definition) is 14. The standard InChI is InChI=1S/C49H82O17P2/c1-3-5-7-8-9-10-11-12-13-14-15-16-17-18-19-20-24-27-31-35-42(50)61-37-39(38-62-68(59,60)66-49-46(54)44(52)45(53)48(47(49)55)65-67(56,57)58)63-43(51)36-32-28-25-22-21-23-26-30-34-41-40(64-41)33-29-6-4-2/h5,7,9-10,12-13,15-16,18-19,26,30,39-41,44-49,52-55H,3-4,6,8,11,14,17,20-25,27-29,31-38H2,1-2H3,(H,59,60)(H2,56,57,58)/b7-5-,10-9-,13-12-,16-15-,19-18-,30-26-/t39-,40?,41?,44?,45?,46?,47?,48-,49+/m1/s1. The number of aliphatic hydroxyl groups is 4. The highest BCUT2D eigenvalue weighted by molar-refractivity contribution is 7.47. The fourth-order valence-electron chi connectivity index (χ4n) is 7.29. The second kappa shape index (κ2) is 36.3. The number of phosphoric ester groups is 2. The van der Waals surface area contributed by atoms with Gasteiger partial charge >= 0.3 is 27.6 Å². The van der Waals surface area contributed by atoms with Gasteiger partial charge in [-0.3, -0.25) is 23.2 Å². The molecule has 19 heteroatoms. The summed E-state index contributed by atoms with van der Waals surface area (Å²) in [5, 5.41) is 41.3. The molecular weight excluding hydrogens is 922 g/mol. The van der Waals surface area contributed by atoms with Crippen molar-refractivity contribution < 1.29 is 81.6 Å². The lowest BCUT2D eigenvalue weighted by molar-refractivity contribution is -0.216. The topological polar surface area (TPSA) is 269 Å². The summed E-state index contributed by atoms with van der Waals surface area (Å²) in [5.41, 5.74) is 0. The molecule has 10 atom stereocenters. The van der Waals surface area contributed by atoms with Crippen LogP contribution in [0.25, 0.3) is 0 Å². The molecular formula is C49H82O17P2. The summed E-state index contributed by atoms with van der Waals surface area (Å²) in [4.78, 5) is 54.4. The van der Waals surface area contributed by atoms with Gasteiger partial charge in [-0.05, 0) is 83.5 Å². The molecule has 2 rings (SSSR count). The summed E-state index contributed by atoms with van der Waals surface area (Å²) in [5.74, 6) is -1.27. The number of epoxide rings is 1. The highest BCUT2D eigenvalue weighted by atomic mass is 31.2. The van der Waals surface area contributed by atoms with Gasteiger partial charge in [0, 0.05) is 12.8 Å². The molecule has 1 aliphatic heterocycles. The zero-order chi connectivity index (χ0) is 50.0. The molecule has 1 heterocycles. The lowest BCUT2D eigenvalue weighted by atomic mass is 9.85. The molecule has 0 aromatic carbocycles. The summed E-state index contributed by atoms with van der Waals surface area (Å²) < 4.78 is 55.1. The third kappa shape index (κ3) is 29.6. The minimum Gasteiger partial charge on any atom is -0.462 e. The Hall–Kier alpha value is -2.60. The van der Waals surface area contributed by atoms with Gasteiger partial charge in [0.25, 0.3) is 0 Å². The maximum atomic E-state index is 13.0. The van der Waals surface area contributed by atoms with E-state index in [1.165, 1.54) is 19.3 Å². The molecule has 0 spiro atoms. The smallest absolute Gasteiger partial charge is 0.462 e. The van der Waals surface area contributed by atoms with Gasteiger partial charge in [-0.1, -0.05) is 132 Å². The first-order valence-corrected chi connectivity index (χ1v) is 27.6. The number of ether oxygens (including phenoxy) is 3. The van der Waals surface area contributed by atoms with Gasteiger partial charge in [0.05, 0.1) is 18.8 Å². The largest absolute Gasteiger partial charge is 0.472 e. The Morgan fingerprint density at radius 3 is 1.66 bits per heavy atom. The average Bonchev–Trinajstić information content (AvgIpc) is 4.05. The van der Waals surface area contributed by atoms with Gasteiger partial charge in [0.2, 0.25) is 0 Å². The third-order valence-electron chi connectivity index (χ3n) is 11.2. The van der Waals surface area contributed by atoms with Crippen LogP contribution in [-0.4, -0.2) is 115 Å². The van der Waals surface area contributed by atoms with Gasteiger partial charge in [-0.15, -0.1) is 0 Å². The summed E-state index contributed by atoms with van der Waals surface area (Å²) >= 11 is 0. The number of unbranched alkanes of at least 4 members (excludes halogenated alkanes) is 10. The van der Waals surface area contributed by atoms with E-state index in [0.717, 1.165) is 96.3 Å². The summed E-state index contributed by atoms with van der Waals surface area (Å²) in [6.45, 7) is 2.92. The fourth-order valence-corrected chi connectivity index (χ4v) is 8.83. The molecule has 0 aromatic rings. The first kappa shape index (κ1) is 61.5. The zero-order valence-corrected chi connectivity index (χ0v) is 42.0. The van der Waals surface area contributed by atoms with Gasteiger partial charge < -0.3 is 49.3 Å². The number of rotatable bonds is 39. The molecule has 0 amide bonds. The Kier molecular flexibility index (Phi) is 32.9. The monoisotopic (exact) mass is 1000 g/mol. The van der Waals surface area contributed by atoms with Crippen LogP contribution in [0.15, 0.2) is 72.9 Å². The lowest BCUT2D eigenvalue weighted by Crippen LogP contribution is -2.64. The fraction of sp³-hybridized carbons (Fsp3) is 0.714. The average molecular weight is 1010 g/mol. The van der Waals surface area contributed by atoms with E-state index in [4.69, 9.17) is 23.3 Å². The van der Waals surface area contributed by atoms with Crippen LogP contribution in [0.2, 0.25) is 0 Å². The number of carbonyl (C=O) groups excluding carboxylic acids is 2. The van der Waals surface area contributed by atoms with Crippen molar-refractivity contribution >= 4 is 27.6 Å². The van der Waals surface area contributed by atoms with Crippen LogP contribution >= 0.6 is 15.6 Å². The van der Waals surface area contributed by atoms with E-state index in [9.17, 15) is 53.8 Å². The molecule has 17 nitrogen and oxygen atoms in total. The number of carbonyl (C=O) groups is 2. The molecule has 390 valence electrons. The number of hydrogen-bond donors (Lipinski definition) is 7. The Morgan fingerprint density at radius 1 is 0.559 bits per heavy atom. The first-order chi connectivity index (χ1) is 32.6. The van der Waals surface area contributed by atoms with Crippen molar-refractivity contribution in [2.24, 2.45) is 0 Å². The van der Waals surface area contributed by atoms with E-state index in [1.54, 1.807) is 0 Å². The van der Waals surface area contributed by atoms with Crippen molar-refractivity contribution in [3.63, 3.8) is 0 Å². The van der Waals surface area contributed by atoms with Gasteiger partial charge in [-0.2, -0.15) is 0 Å². The molecule has 2 aliphatic rings. The molecule has 1 saturated carbocycles. The van der Waals surface area contributed by atoms with Crippen LogP contribution in [0.5, 0.6) is 0 Å². The molecule has 7 unspecified atom stereocenters. The van der Waals surface area contributed by atoms with Gasteiger partial charge in [0.1, 0.15) is 43.2 Å². The van der Waals surface area contributed by atoms with Crippen LogP contribution in [0.3, 0.4) is 0 Å². The highest BCUT2D eigenvalue weighted by Crippen LogP contribution is 2.49. The van der Waals surface area contributed by atoms with Gasteiger partial charge in [-0.25, -0.2) is 9.13 Å². The highest BCUT2D eigenvalue weighted by Gasteiger charge is 2.54. The molecule has 2 fully saturated rings. The van der Waals surface area contributed by atoms with Gasteiger partial charge in [0.15, 0.2) is 6.10 Å². The van der Waals surface area contributed by atoms with Crippen molar-refractivity contribution in [1.82, 2.24) is 0 Å². The molecule has 7 N–H and O–H groups in total. The van der Waals surface area contributed by atoms with Crippen molar-refractivity contribution in [2.45, 2.75) is 210 Å². The number of esters is 2. The van der Waals surface area contributed by atoms with E-state index in [-0.39, 0.29) is 12.8 Å². The Morgan fingerprint density at radius 2 is 1.07 bits per heavy atom. The van der Waals surface area contributed by atoms with Crippen LogP contribution in [0.1, 0.15) is 155 Å². The van der Waals surface area contributed by atoms with E-state index in [0.29, 0.717) is 25.0 Å². The molecule has 1 aliphatic carbocycles. The van der Waals surface area contributed by atoms with E-state index in [2.05, 4.69) is 91.3 Å². The Bertz CT molecular complexity index is 1660. The minimum absolute atomic E-state index is 0.0119. The first-order valence-electron chi connectivity index (χ1n) is 24.6. The minimum atomic E-state index is -5.38. The molecule has 0 aromatic heterocycles. The number of aliphatic hydroxyl groups excluding tert-OH is 4. The van der Waals surface area contributed by atoms with Crippen LogP contribution in [0, 0.1) is 0 Å². The Balaban J connectivity index is 1.79. The predicted molar refractivity (Wildman–Crippen MR) is 259 cm³/mol. The SMILES string of the molecule is CC/C=C\C/C=C\C/C=C\C/C=C\C/C=C\CCCCCC(=O)OC[C@H](COP(=O)(O)O[C@H]1C(O)C(O)C(O)[C@@H](OP(=O)(O)O)C1O)OC(=O)CCCCCCC/C=C\CC1OC1CCCCC. The lowest BCUT2D eigenvalue weighted by Gasteiger charge is -2.43. The second-order valence-corrected chi connectivity index (χ2v) is 19.8. The van der Waals surface area contributed by atoms with Crippen molar-refractivity contribution in [2.75, 3.05) is 13.2 Å². The normalized spacial score (nSPS) is 24.8. The number of allylic oxidation sites excluding steroid dienone is 11. The Labute approximate surface area is 404 Å². The maximum absolute atomic E-state index is 13.0. The third-order valence-corrected chi connectivity index (χ3v) is 12.7. The molecule has 1 saturated heterocycles. The zero-order valence-electron chi connectivity index (χ0n) is 40.2. The van der Waals surface area contributed by atoms with Crippen molar-refractivity contribution in [3.8, 4) is 0 Å². The van der Waals surface area contributed by atoms with Crippen molar-refractivity contribution in [1.29, 1.82) is 0 Å². The quantitative estimate of drug-likeness (QED) is 0.00998. The molecule has 0 radical (unpaired) electrons. The van der Waals surface area contributed by atoms with E-state index >= 15 is 0 Å². The molecule has 68 heavy (non-hydrogen) atoms. The van der Waals surface area contributed by atoms with Crippen LogP contribution in [-0.2, 0) is 46.5 Å². The summed E-state index contributed by atoms with van der Waals surface area (Å²) in [6.07, 6.45) is 30.2. The van der Waals surface area contributed by atoms with Crippen molar-refractivity contribution in [3.05, 3.63) is 72.9 Å². The van der Waals surface area contributed by atoms with Crippen LogP contribution < -0.4 is 0 Å². The van der Waals surface area contributed by atoms with E-state index in [1.807, 2.05) is 0 Å². The number of phosphoric acid groups is 2. The second-order valence-electron chi connectivity index (χ2n) is 17.2.